The molecule has 2 rings (SSSR count). The number of aliphatic hydroxyl groups excluding tert-OH is 1. The quantitative estimate of drug-likeness (QED) is 0.728. The lowest BCUT2D eigenvalue weighted by Crippen LogP contribution is -2.40. The van der Waals surface area contributed by atoms with Crippen LogP contribution in [-0.4, -0.2) is 59.0 Å². The van der Waals surface area contributed by atoms with Crippen LogP contribution in [0.4, 0.5) is 0 Å². The Morgan fingerprint density at radius 3 is 1.80 bits per heavy atom. The summed E-state index contributed by atoms with van der Waals surface area (Å²) in [6, 6.07) is 0. The molecule has 2 fully saturated rings. The molecule has 0 aromatic heterocycles. The minimum absolute atomic E-state index is 0.0683. The van der Waals surface area contributed by atoms with Crippen molar-refractivity contribution in [1.29, 1.82) is 0 Å². The third-order valence-electron chi connectivity index (χ3n) is 3.94. The zero-order chi connectivity index (χ0) is 15.1. The molecule has 116 valence electrons. The number of piperidine rings is 2. The topological polar surface area (TPSA) is 60.9 Å². The van der Waals surface area contributed by atoms with Crippen LogP contribution in [-0.2, 0) is 9.59 Å². The molecule has 0 bridgehead atoms. The van der Waals surface area contributed by atoms with Gasteiger partial charge < -0.3 is 14.9 Å². The fourth-order valence-electron chi connectivity index (χ4n) is 2.72. The lowest BCUT2D eigenvalue weighted by molar-refractivity contribution is -0.132. The molecule has 0 aromatic rings. The summed E-state index contributed by atoms with van der Waals surface area (Å²) < 4.78 is 0. The maximum Gasteiger partial charge on any atom is 0.219 e. The van der Waals surface area contributed by atoms with Crippen molar-refractivity contribution in [2.24, 2.45) is 5.92 Å². The molecule has 0 aromatic carbocycles. The van der Waals surface area contributed by atoms with Gasteiger partial charge >= 0.3 is 0 Å². The molecule has 5 heteroatoms. The average Bonchev–Trinajstić information content (AvgIpc) is 2.39. The second kappa shape index (κ2) is 8.25. The molecule has 2 heterocycles. The van der Waals surface area contributed by atoms with Gasteiger partial charge in [0.15, 0.2) is 0 Å². The van der Waals surface area contributed by atoms with E-state index in [1.54, 1.807) is 11.8 Å². The predicted octanol–water partition coefficient (Wildman–Crippen LogP) is 1.25. The summed E-state index contributed by atoms with van der Waals surface area (Å²) in [5, 5.41) is 9.13. The van der Waals surface area contributed by atoms with E-state index in [4.69, 9.17) is 5.11 Å². The SMILES string of the molecule is CC(=O)N1CCCC(C)C1.CC(=O)N1CCCC(O)C1. The average molecular weight is 284 g/mol. The minimum Gasteiger partial charge on any atom is -0.391 e. The van der Waals surface area contributed by atoms with Gasteiger partial charge in [-0.1, -0.05) is 6.92 Å². The number of carbonyl (C=O) groups excluding carboxylic acids is 2. The summed E-state index contributed by atoms with van der Waals surface area (Å²) >= 11 is 0. The van der Waals surface area contributed by atoms with Crippen LogP contribution in [0.1, 0.15) is 46.5 Å². The number of carbonyl (C=O) groups is 2. The third-order valence-corrected chi connectivity index (χ3v) is 3.94. The van der Waals surface area contributed by atoms with Crippen LogP contribution in [0.25, 0.3) is 0 Å². The van der Waals surface area contributed by atoms with Crippen LogP contribution < -0.4 is 0 Å². The van der Waals surface area contributed by atoms with Crippen LogP contribution in [0.2, 0.25) is 0 Å². The molecule has 1 N–H and O–H groups in total. The van der Waals surface area contributed by atoms with Gasteiger partial charge in [0.25, 0.3) is 0 Å². The first-order valence-corrected chi connectivity index (χ1v) is 7.59. The number of β-amino-alcohol motifs (C(OH)–C–C–N with tert-alkyl or cyclic N) is 1. The normalized spacial score (nSPS) is 26.6. The van der Waals surface area contributed by atoms with Crippen molar-refractivity contribution in [3.05, 3.63) is 0 Å². The monoisotopic (exact) mass is 284 g/mol. The zero-order valence-corrected chi connectivity index (χ0v) is 13.0. The molecule has 2 saturated heterocycles. The maximum atomic E-state index is 10.9. The largest absolute Gasteiger partial charge is 0.391 e. The van der Waals surface area contributed by atoms with Crippen molar-refractivity contribution in [2.45, 2.75) is 52.6 Å². The summed E-state index contributed by atoms with van der Waals surface area (Å²) in [6.45, 7) is 8.67. The molecule has 0 aliphatic carbocycles. The molecule has 20 heavy (non-hydrogen) atoms. The van der Waals surface area contributed by atoms with Crippen molar-refractivity contribution in [3.8, 4) is 0 Å². The van der Waals surface area contributed by atoms with Gasteiger partial charge in [-0.3, -0.25) is 9.59 Å². The highest BCUT2D eigenvalue weighted by molar-refractivity contribution is 5.73. The molecule has 2 aliphatic heterocycles. The Morgan fingerprint density at radius 1 is 0.950 bits per heavy atom. The standard InChI is InChI=1S/C8H15NO.C7H13NO2/c1-7-4-3-5-9(6-7)8(2)10;1-6(9)8-4-2-3-7(10)5-8/h7H,3-6H2,1-2H3;7,10H,2-5H2,1H3. The second-order valence-electron chi connectivity index (χ2n) is 5.97. The number of aliphatic hydroxyl groups is 1. The maximum absolute atomic E-state index is 10.9. The summed E-state index contributed by atoms with van der Waals surface area (Å²) in [5.74, 6) is 1.00. The summed E-state index contributed by atoms with van der Waals surface area (Å²) in [7, 11) is 0. The second-order valence-corrected chi connectivity index (χ2v) is 5.97. The number of amides is 2. The Labute approximate surface area is 121 Å². The van der Waals surface area contributed by atoms with E-state index in [1.807, 2.05) is 4.90 Å². The van der Waals surface area contributed by atoms with Crippen molar-refractivity contribution in [1.82, 2.24) is 9.80 Å². The minimum atomic E-state index is -0.294. The van der Waals surface area contributed by atoms with Crippen molar-refractivity contribution in [3.63, 3.8) is 0 Å². The van der Waals surface area contributed by atoms with Crippen LogP contribution in [0.5, 0.6) is 0 Å². The van der Waals surface area contributed by atoms with Crippen LogP contribution in [0.15, 0.2) is 0 Å². The fraction of sp³-hybridized carbons (Fsp3) is 0.867. The Hall–Kier alpha value is -1.10. The summed E-state index contributed by atoms with van der Waals surface area (Å²) in [5.41, 5.74) is 0. The highest BCUT2D eigenvalue weighted by Crippen LogP contribution is 2.14. The van der Waals surface area contributed by atoms with Crippen LogP contribution >= 0.6 is 0 Å². The van der Waals surface area contributed by atoms with Crippen LogP contribution in [0.3, 0.4) is 0 Å². The lowest BCUT2D eigenvalue weighted by atomic mass is 10.0. The van der Waals surface area contributed by atoms with Gasteiger partial charge in [-0.2, -0.15) is 0 Å². The molecule has 2 aliphatic rings. The molecule has 2 atom stereocenters. The summed E-state index contributed by atoms with van der Waals surface area (Å²) in [4.78, 5) is 25.3. The highest BCUT2D eigenvalue weighted by Gasteiger charge is 2.18. The zero-order valence-electron chi connectivity index (χ0n) is 13.0. The van der Waals surface area contributed by atoms with Gasteiger partial charge in [0.2, 0.25) is 11.8 Å². The van der Waals surface area contributed by atoms with Gasteiger partial charge in [-0.05, 0) is 31.6 Å². The molecular weight excluding hydrogens is 256 g/mol. The fourth-order valence-corrected chi connectivity index (χ4v) is 2.72. The number of rotatable bonds is 0. The number of hydrogen-bond donors (Lipinski definition) is 1. The number of nitrogens with zero attached hydrogens (tertiary/aromatic N) is 2. The first-order valence-electron chi connectivity index (χ1n) is 7.59. The predicted molar refractivity (Wildman–Crippen MR) is 78.1 cm³/mol. The molecule has 2 unspecified atom stereocenters. The first kappa shape index (κ1) is 17.0. The Balaban J connectivity index is 0.000000200. The third kappa shape index (κ3) is 5.90. The van der Waals surface area contributed by atoms with Gasteiger partial charge in [0, 0.05) is 40.0 Å². The smallest absolute Gasteiger partial charge is 0.219 e. The van der Waals surface area contributed by atoms with Gasteiger partial charge in [0.1, 0.15) is 0 Å². The van der Waals surface area contributed by atoms with Crippen LogP contribution in [0, 0.1) is 5.92 Å². The van der Waals surface area contributed by atoms with Gasteiger partial charge in [-0.15, -0.1) is 0 Å². The Bertz CT molecular complexity index is 301. The lowest BCUT2D eigenvalue weighted by Gasteiger charge is -2.29. The number of likely N-dealkylation sites (tertiary alicyclic amines) is 2. The molecular formula is C15H28N2O3. The molecule has 0 saturated carbocycles. The van der Waals surface area contributed by atoms with Crippen molar-refractivity contribution < 1.29 is 14.7 Å². The Morgan fingerprint density at radius 2 is 1.45 bits per heavy atom. The number of hydrogen-bond acceptors (Lipinski definition) is 3. The van der Waals surface area contributed by atoms with E-state index in [-0.39, 0.29) is 17.9 Å². The van der Waals surface area contributed by atoms with E-state index in [0.717, 1.165) is 32.5 Å². The van der Waals surface area contributed by atoms with E-state index in [0.29, 0.717) is 12.5 Å². The molecule has 2 amide bonds. The van der Waals surface area contributed by atoms with Crippen molar-refractivity contribution in [2.75, 3.05) is 26.2 Å². The van der Waals surface area contributed by atoms with E-state index < -0.39 is 0 Å². The van der Waals surface area contributed by atoms with E-state index >= 15 is 0 Å². The molecule has 0 radical (unpaired) electrons. The van der Waals surface area contributed by atoms with E-state index in [9.17, 15) is 9.59 Å². The van der Waals surface area contributed by atoms with E-state index in [2.05, 4.69) is 6.92 Å². The van der Waals surface area contributed by atoms with E-state index in [1.165, 1.54) is 19.8 Å². The van der Waals surface area contributed by atoms with Gasteiger partial charge in [-0.25, -0.2) is 0 Å². The molecule has 0 spiro atoms. The first-order chi connectivity index (χ1) is 9.40. The molecule has 5 nitrogen and oxygen atoms in total. The van der Waals surface area contributed by atoms with Crippen molar-refractivity contribution >= 4 is 11.8 Å². The highest BCUT2D eigenvalue weighted by atomic mass is 16.3. The summed E-state index contributed by atoms with van der Waals surface area (Å²) in [6.07, 6.45) is 3.94. The Kier molecular flexibility index (Phi) is 6.99. The van der Waals surface area contributed by atoms with Gasteiger partial charge in [0.05, 0.1) is 6.10 Å².